The molecule has 1 aromatic heterocycles. The van der Waals surface area contributed by atoms with Crippen LogP contribution >= 0.6 is 11.8 Å². The van der Waals surface area contributed by atoms with E-state index in [1.54, 1.807) is 0 Å². The summed E-state index contributed by atoms with van der Waals surface area (Å²) in [6.07, 6.45) is 5.82. The molecule has 0 aliphatic rings. The molecule has 2 N–H and O–H groups in total. The lowest BCUT2D eigenvalue weighted by Gasteiger charge is -2.09. The fraction of sp³-hybridized carbons (Fsp3) is 0.786. The molecule has 21 heavy (non-hydrogen) atoms. The van der Waals surface area contributed by atoms with Crippen molar-refractivity contribution in [3.63, 3.8) is 0 Å². The van der Waals surface area contributed by atoms with Gasteiger partial charge in [0.15, 0.2) is 11.0 Å². The monoisotopic (exact) mass is 315 g/mol. The number of unbranched alkanes of at least 4 members (excludes halogenated alkanes) is 3. The summed E-state index contributed by atoms with van der Waals surface area (Å²) in [5.74, 6) is 0.333. The fourth-order valence-electron chi connectivity index (χ4n) is 2.07. The number of carboxylic acid groups (broad SMARTS) is 1. The summed E-state index contributed by atoms with van der Waals surface area (Å²) in [5, 5.41) is 26.4. The molecule has 7 heteroatoms. The Labute approximate surface area is 130 Å². The minimum absolute atomic E-state index is 0.0437. The van der Waals surface area contributed by atoms with E-state index >= 15 is 0 Å². The van der Waals surface area contributed by atoms with Crippen LogP contribution in [0, 0.1) is 5.92 Å². The van der Waals surface area contributed by atoms with Crippen LogP contribution in [0.15, 0.2) is 5.16 Å². The molecular formula is C14H25N3O3S. The topological polar surface area (TPSA) is 88.2 Å². The second-order valence-electron chi connectivity index (χ2n) is 5.49. The first-order valence-corrected chi connectivity index (χ1v) is 8.40. The first kappa shape index (κ1) is 18.0. The smallest absolute Gasteiger partial charge is 0.313 e. The number of nitrogens with zero attached hydrogens (tertiary/aromatic N) is 3. The highest BCUT2D eigenvalue weighted by Crippen LogP contribution is 2.18. The van der Waals surface area contributed by atoms with Gasteiger partial charge in [0.1, 0.15) is 6.61 Å². The highest BCUT2D eigenvalue weighted by atomic mass is 32.2. The van der Waals surface area contributed by atoms with Gasteiger partial charge in [-0.05, 0) is 12.3 Å². The van der Waals surface area contributed by atoms with E-state index in [1.165, 1.54) is 19.3 Å². The Balaban J connectivity index is 2.41. The van der Waals surface area contributed by atoms with E-state index in [0.717, 1.165) is 37.1 Å². The molecule has 0 atom stereocenters. The lowest BCUT2D eigenvalue weighted by atomic mass is 10.0. The van der Waals surface area contributed by atoms with E-state index in [1.807, 2.05) is 4.57 Å². The number of carbonyl (C=O) groups is 1. The number of carboxylic acids is 1. The van der Waals surface area contributed by atoms with Crippen molar-refractivity contribution in [1.29, 1.82) is 0 Å². The van der Waals surface area contributed by atoms with Gasteiger partial charge in [0.25, 0.3) is 0 Å². The standard InChI is InChI=1S/C14H25N3O3S/c1-11(2)7-5-3-4-6-8-17-12(9-18)15-16-14(17)21-10-13(19)20/h11,18H,3-10H2,1-2H3,(H,19,20). The van der Waals surface area contributed by atoms with E-state index in [2.05, 4.69) is 24.0 Å². The van der Waals surface area contributed by atoms with Gasteiger partial charge in [-0.1, -0.05) is 51.3 Å². The van der Waals surface area contributed by atoms with Crippen molar-refractivity contribution in [3.8, 4) is 0 Å². The number of aliphatic hydroxyl groups is 1. The van der Waals surface area contributed by atoms with Crippen LogP contribution in [0.25, 0.3) is 0 Å². The molecule has 0 unspecified atom stereocenters. The molecule has 0 saturated heterocycles. The molecule has 0 amide bonds. The first-order valence-electron chi connectivity index (χ1n) is 7.42. The second kappa shape index (κ2) is 9.78. The minimum atomic E-state index is -0.881. The molecule has 6 nitrogen and oxygen atoms in total. The maximum atomic E-state index is 10.6. The van der Waals surface area contributed by atoms with Crippen LogP contribution in [0.2, 0.25) is 0 Å². The molecule has 0 saturated carbocycles. The number of thioether (sulfide) groups is 1. The third kappa shape index (κ3) is 6.95. The summed E-state index contributed by atoms with van der Waals surface area (Å²) >= 11 is 1.14. The van der Waals surface area contributed by atoms with Crippen LogP contribution in [-0.2, 0) is 17.9 Å². The minimum Gasteiger partial charge on any atom is -0.481 e. The van der Waals surface area contributed by atoms with Crippen molar-refractivity contribution >= 4 is 17.7 Å². The van der Waals surface area contributed by atoms with Crippen LogP contribution in [-0.4, -0.2) is 36.7 Å². The summed E-state index contributed by atoms with van der Waals surface area (Å²) in [4.78, 5) is 10.6. The molecule has 0 aliphatic heterocycles. The Morgan fingerprint density at radius 1 is 1.24 bits per heavy atom. The quantitative estimate of drug-likeness (QED) is 0.482. The van der Waals surface area contributed by atoms with Gasteiger partial charge in [-0.25, -0.2) is 0 Å². The molecule has 0 radical (unpaired) electrons. The molecule has 120 valence electrons. The number of aromatic nitrogens is 3. The summed E-state index contributed by atoms with van der Waals surface area (Å²) in [6.45, 7) is 5.02. The Hall–Kier alpha value is -1.08. The van der Waals surface area contributed by atoms with E-state index < -0.39 is 5.97 Å². The van der Waals surface area contributed by atoms with Crippen molar-refractivity contribution in [2.75, 3.05) is 5.75 Å². The molecule has 0 spiro atoms. The van der Waals surface area contributed by atoms with Crippen molar-refractivity contribution in [2.45, 2.75) is 64.3 Å². The van der Waals surface area contributed by atoms with Gasteiger partial charge in [-0.15, -0.1) is 10.2 Å². The third-order valence-corrected chi connectivity index (χ3v) is 4.12. The van der Waals surface area contributed by atoms with Gasteiger partial charge < -0.3 is 14.8 Å². The van der Waals surface area contributed by atoms with Gasteiger partial charge in [-0.2, -0.15) is 0 Å². The number of hydrogen-bond acceptors (Lipinski definition) is 5. The summed E-state index contributed by atoms with van der Waals surface area (Å²) < 4.78 is 1.83. The molecule has 0 bridgehead atoms. The van der Waals surface area contributed by atoms with Crippen LogP contribution in [0.5, 0.6) is 0 Å². The van der Waals surface area contributed by atoms with E-state index in [-0.39, 0.29) is 12.4 Å². The Morgan fingerprint density at radius 2 is 1.95 bits per heavy atom. The van der Waals surface area contributed by atoms with Crippen molar-refractivity contribution in [3.05, 3.63) is 5.82 Å². The van der Waals surface area contributed by atoms with Gasteiger partial charge in [0.2, 0.25) is 0 Å². The van der Waals surface area contributed by atoms with Crippen LogP contribution in [0.4, 0.5) is 0 Å². The molecule has 0 aromatic carbocycles. The molecule has 0 aliphatic carbocycles. The number of rotatable bonds is 11. The molecule has 0 fully saturated rings. The Morgan fingerprint density at radius 3 is 2.57 bits per heavy atom. The van der Waals surface area contributed by atoms with Crippen LogP contribution in [0.3, 0.4) is 0 Å². The highest BCUT2D eigenvalue weighted by Gasteiger charge is 2.12. The predicted molar refractivity (Wildman–Crippen MR) is 82.2 cm³/mol. The van der Waals surface area contributed by atoms with E-state index in [0.29, 0.717) is 11.0 Å². The third-order valence-electron chi connectivity index (χ3n) is 3.17. The van der Waals surface area contributed by atoms with Crippen LogP contribution < -0.4 is 0 Å². The van der Waals surface area contributed by atoms with E-state index in [4.69, 9.17) is 5.11 Å². The van der Waals surface area contributed by atoms with Gasteiger partial charge in [0, 0.05) is 6.54 Å². The van der Waals surface area contributed by atoms with Crippen molar-refractivity contribution in [1.82, 2.24) is 14.8 Å². The SMILES string of the molecule is CC(C)CCCCCCn1c(CO)nnc1SCC(=O)O. The molecule has 1 heterocycles. The lowest BCUT2D eigenvalue weighted by molar-refractivity contribution is -0.133. The summed E-state index contributed by atoms with van der Waals surface area (Å²) in [5.41, 5.74) is 0. The average molecular weight is 315 g/mol. The lowest BCUT2D eigenvalue weighted by Crippen LogP contribution is -2.07. The molecule has 1 aromatic rings. The van der Waals surface area contributed by atoms with Gasteiger partial charge in [-0.3, -0.25) is 4.79 Å². The van der Waals surface area contributed by atoms with Crippen LogP contribution in [0.1, 0.15) is 51.8 Å². The van der Waals surface area contributed by atoms with Crippen molar-refractivity contribution < 1.29 is 15.0 Å². The second-order valence-corrected chi connectivity index (χ2v) is 6.43. The molecule has 1 rings (SSSR count). The Bertz CT molecular complexity index is 435. The number of hydrogen-bond donors (Lipinski definition) is 2. The van der Waals surface area contributed by atoms with Gasteiger partial charge in [0.05, 0.1) is 5.75 Å². The summed E-state index contributed by atoms with van der Waals surface area (Å²) in [7, 11) is 0. The maximum Gasteiger partial charge on any atom is 0.313 e. The zero-order valence-electron chi connectivity index (χ0n) is 12.8. The highest BCUT2D eigenvalue weighted by molar-refractivity contribution is 7.99. The van der Waals surface area contributed by atoms with Crippen molar-refractivity contribution in [2.24, 2.45) is 5.92 Å². The van der Waals surface area contributed by atoms with E-state index in [9.17, 15) is 9.90 Å². The average Bonchev–Trinajstić information content (AvgIpc) is 2.82. The number of aliphatic carboxylic acids is 1. The molecular weight excluding hydrogens is 290 g/mol. The zero-order valence-corrected chi connectivity index (χ0v) is 13.6. The van der Waals surface area contributed by atoms with Gasteiger partial charge >= 0.3 is 5.97 Å². The Kier molecular flexibility index (Phi) is 8.37. The maximum absolute atomic E-state index is 10.6. The zero-order chi connectivity index (χ0) is 15.7. The largest absolute Gasteiger partial charge is 0.481 e. The normalized spacial score (nSPS) is 11.2. The fourth-order valence-corrected chi connectivity index (χ4v) is 2.77. The number of aliphatic hydroxyl groups excluding tert-OH is 1. The summed E-state index contributed by atoms with van der Waals surface area (Å²) in [6, 6.07) is 0. The predicted octanol–water partition coefficient (Wildman–Crippen LogP) is 2.55. The first-order chi connectivity index (χ1) is 10.0.